The molecule has 2 aromatic heterocycles. The van der Waals surface area contributed by atoms with Gasteiger partial charge in [0, 0.05) is 17.1 Å². The van der Waals surface area contributed by atoms with Gasteiger partial charge < -0.3 is 10.6 Å². The molecule has 2 heterocycles. The molecule has 0 bridgehead atoms. The Bertz CT molecular complexity index is 1220. The third kappa shape index (κ3) is 6.03. The van der Waals surface area contributed by atoms with Gasteiger partial charge in [-0.25, -0.2) is 4.98 Å². The molecule has 2 N–H and O–H groups in total. The maximum Gasteiger partial charge on any atom is 0.263 e. The van der Waals surface area contributed by atoms with Crippen molar-refractivity contribution >= 4 is 50.8 Å². The number of fused-ring (bicyclic) bond motifs is 1. The Labute approximate surface area is 202 Å². The fourth-order valence-electron chi connectivity index (χ4n) is 3.44. The lowest BCUT2D eigenvalue weighted by atomic mass is 10.1. The average Bonchev–Trinajstić information content (AvgIpc) is 3.09. The molecule has 0 atom stereocenters. The van der Waals surface area contributed by atoms with E-state index < -0.39 is 0 Å². The lowest BCUT2D eigenvalue weighted by Gasteiger charge is -2.12. The Morgan fingerprint density at radius 1 is 1.15 bits per heavy atom. The number of benzene rings is 1. The lowest BCUT2D eigenvalue weighted by molar-refractivity contribution is -0.122. The summed E-state index contributed by atoms with van der Waals surface area (Å²) in [5.74, 6) is -0.487. The molecule has 0 fully saturated rings. The van der Waals surface area contributed by atoms with Crippen molar-refractivity contribution in [1.82, 2.24) is 14.9 Å². The molecule has 2 amide bonds. The normalized spacial score (nSPS) is 11.0. The molecule has 0 radical (unpaired) electrons. The van der Waals surface area contributed by atoms with Crippen molar-refractivity contribution in [2.75, 3.05) is 17.6 Å². The summed E-state index contributed by atoms with van der Waals surface area (Å²) in [4.78, 5) is 44.3. The van der Waals surface area contributed by atoms with Crippen molar-refractivity contribution in [2.24, 2.45) is 0 Å². The summed E-state index contributed by atoms with van der Waals surface area (Å²) < 4.78 is 1.68. The van der Waals surface area contributed by atoms with Crippen LogP contribution in [-0.4, -0.2) is 33.7 Å². The number of anilines is 1. The van der Waals surface area contributed by atoms with Gasteiger partial charge in [0.05, 0.1) is 17.7 Å². The van der Waals surface area contributed by atoms with Gasteiger partial charge in [0.1, 0.15) is 4.83 Å². The van der Waals surface area contributed by atoms with E-state index in [1.54, 1.807) is 4.57 Å². The highest BCUT2D eigenvalue weighted by Gasteiger charge is 2.17. The number of aryl methyl sites for hydroxylation is 3. The zero-order valence-corrected chi connectivity index (χ0v) is 21.1. The first-order valence-electron chi connectivity index (χ1n) is 11.1. The van der Waals surface area contributed by atoms with E-state index in [4.69, 9.17) is 4.98 Å². The topological polar surface area (TPSA) is 93.1 Å². The van der Waals surface area contributed by atoms with E-state index in [0.29, 0.717) is 21.9 Å². The van der Waals surface area contributed by atoms with E-state index in [9.17, 15) is 14.4 Å². The molecule has 3 aromatic rings. The molecule has 9 heteroatoms. The van der Waals surface area contributed by atoms with Gasteiger partial charge in [-0.05, 0) is 43.9 Å². The van der Waals surface area contributed by atoms with Crippen LogP contribution in [0.15, 0.2) is 34.2 Å². The SMILES string of the molecule is CCCCn1c(SCC(=O)NCC(=O)Nc2ccccc2CC)nc2sc(C)c(C)c2c1=O. The summed E-state index contributed by atoms with van der Waals surface area (Å²) in [6, 6.07) is 7.60. The van der Waals surface area contributed by atoms with Crippen LogP contribution in [0.5, 0.6) is 0 Å². The van der Waals surface area contributed by atoms with Crippen LogP contribution in [0.1, 0.15) is 42.7 Å². The third-order valence-electron chi connectivity index (χ3n) is 5.44. The van der Waals surface area contributed by atoms with Crippen LogP contribution in [0.2, 0.25) is 0 Å². The number of hydrogen-bond acceptors (Lipinski definition) is 6. The van der Waals surface area contributed by atoms with Gasteiger partial charge in [-0.2, -0.15) is 0 Å². The van der Waals surface area contributed by atoms with Gasteiger partial charge in [-0.3, -0.25) is 19.0 Å². The van der Waals surface area contributed by atoms with Crippen molar-refractivity contribution < 1.29 is 9.59 Å². The van der Waals surface area contributed by atoms with Gasteiger partial charge in [0.15, 0.2) is 5.16 Å². The summed E-state index contributed by atoms with van der Waals surface area (Å²) in [6.07, 6.45) is 2.61. The Hall–Kier alpha value is -2.65. The number of thiophene rings is 1. The summed E-state index contributed by atoms with van der Waals surface area (Å²) in [7, 11) is 0. The second kappa shape index (κ2) is 11.5. The molecule has 0 aliphatic carbocycles. The Morgan fingerprint density at radius 2 is 1.91 bits per heavy atom. The predicted molar refractivity (Wildman–Crippen MR) is 136 cm³/mol. The first kappa shape index (κ1) is 25.0. The quantitative estimate of drug-likeness (QED) is 0.330. The molecule has 176 valence electrons. The first-order chi connectivity index (χ1) is 15.8. The van der Waals surface area contributed by atoms with Crippen LogP contribution in [0.4, 0.5) is 5.69 Å². The van der Waals surface area contributed by atoms with Crippen molar-refractivity contribution in [3.63, 3.8) is 0 Å². The number of unbranched alkanes of at least 4 members (excludes halogenated alkanes) is 1. The van der Waals surface area contributed by atoms with Crippen LogP contribution in [0, 0.1) is 13.8 Å². The number of nitrogens with zero attached hydrogens (tertiary/aromatic N) is 2. The number of carbonyl (C=O) groups is 2. The minimum atomic E-state index is -0.283. The number of nitrogens with one attached hydrogen (secondary N) is 2. The number of aromatic nitrogens is 2. The van der Waals surface area contributed by atoms with E-state index in [2.05, 4.69) is 17.6 Å². The van der Waals surface area contributed by atoms with Crippen molar-refractivity contribution in [1.29, 1.82) is 0 Å². The second-order valence-electron chi connectivity index (χ2n) is 7.79. The minimum absolute atomic E-state index is 0.0489. The fourth-order valence-corrected chi connectivity index (χ4v) is 5.36. The van der Waals surface area contributed by atoms with Gasteiger partial charge in [-0.15, -0.1) is 11.3 Å². The molecule has 0 saturated carbocycles. The van der Waals surface area contributed by atoms with Crippen LogP contribution in [0.3, 0.4) is 0 Å². The van der Waals surface area contributed by atoms with E-state index in [0.717, 1.165) is 41.0 Å². The summed E-state index contributed by atoms with van der Waals surface area (Å²) in [5.41, 5.74) is 2.72. The highest BCUT2D eigenvalue weighted by molar-refractivity contribution is 7.99. The highest BCUT2D eigenvalue weighted by atomic mass is 32.2. The van der Waals surface area contributed by atoms with Crippen LogP contribution >= 0.6 is 23.1 Å². The summed E-state index contributed by atoms with van der Waals surface area (Å²) in [5, 5.41) is 6.71. The van der Waals surface area contributed by atoms with E-state index >= 15 is 0 Å². The molecule has 0 saturated heterocycles. The number of carbonyl (C=O) groups excluding carboxylic acids is 2. The first-order valence-corrected chi connectivity index (χ1v) is 12.9. The van der Waals surface area contributed by atoms with Gasteiger partial charge >= 0.3 is 0 Å². The number of amides is 2. The van der Waals surface area contributed by atoms with E-state index in [1.165, 1.54) is 23.1 Å². The molecule has 0 spiro atoms. The largest absolute Gasteiger partial charge is 0.346 e. The molecular formula is C24H30N4O3S2. The maximum atomic E-state index is 13.1. The second-order valence-corrected chi connectivity index (χ2v) is 9.94. The third-order valence-corrected chi connectivity index (χ3v) is 7.52. The molecule has 3 rings (SSSR count). The molecule has 0 aliphatic heterocycles. The monoisotopic (exact) mass is 486 g/mol. The average molecular weight is 487 g/mol. The van der Waals surface area contributed by atoms with Crippen molar-refractivity contribution in [3.8, 4) is 0 Å². The number of para-hydroxylation sites is 1. The van der Waals surface area contributed by atoms with E-state index in [-0.39, 0.29) is 29.7 Å². The number of rotatable bonds is 10. The maximum absolute atomic E-state index is 13.1. The van der Waals surface area contributed by atoms with Crippen molar-refractivity contribution in [3.05, 3.63) is 50.6 Å². The zero-order chi connectivity index (χ0) is 24.0. The van der Waals surface area contributed by atoms with Gasteiger partial charge in [0.25, 0.3) is 5.56 Å². The summed E-state index contributed by atoms with van der Waals surface area (Å²) in [6.45, 7) is 8.48. The standard InChI is InChI=1S/C24H30N4O3S2/c1-5-7-12-28-23(31)21-15(3)16(4)33-22(21)27-24(28)32-14-20(30)25-13-19(29)26-18-11-9-8-10-17(18)6-2/h8-11H,5-7,12-14H2,1-4H3,(H,25,30)(H,26,29). The highest BCUT2D eigenvalue weighted by Crippen LogP contribution is 2.28. The molecule has 0 unspecified atom stereocenters. The molecular weight excluding hydrogens is 456 g/mol. The van der Waals surface area contributed by atoms with Gasteiger partial charge in [0.2, 0.25) is 11.8 Å². The molecule has 7 nitrogen and oxygen atoms in total. The van der Waals surface area contributed by atoms with Crippen LogP contribution in [-0.2, 0) is 22.6 Å². The fraction of sp³-hybridized carbons (Fsp3) is 0.417. The summed E-state index contributed by atoms with van der Waals surface area (Å²) >= 11 is 2.73. The number of hydrogen-bond donors (Lipinski definition) is 2. The van der Waals surface area contributed by atoms with Crippen LogP contribution in [0.25, 0.3) is 10.2 Å². The Kier molecular flexibility index (Phi) is 8.68. The number of thioether (sulfide) groups is 1. The van der Waals surface area contributed by atoms with Crippen molar-refractivity contribution in [2.45, 2.75) is 58.7 Å². The van der Waals surface area contributed by atoms with Gasteiger partial charge in [-0.1, -0.05) is 50.2 Å². The van der Waals surface area contributed by atoms with E-state index in [1.807, 2.05) is 45.0 Å². The molecule has 33 heavy (non-hydrogen) atoms. The van der Waals surface area contributed by atoms with Crippen LogP contribution < -0.4 is 16.2 Å². The molecule has 0 aliphatic rings. The predicted octanol–water partition coefficient (Wildman–Crippen LogP) is 4.28. The Morgan fingerprint density at radius 3 is 2.64 bits per heavy atom. The Balaban J connectivity index is 1.65. The zero-order valence-electron chi connectivity index (χ0n) is 19.5. The lowest BCUT2D eigenvalue weighted by Crippen LogP contribution is -2.34. The minimum Gasteiger partial charge on any atom is -0.346 e. The smallest absolute Gasteiger partial charge is 0.263 e. The molecule has 1 aromatic carbocycles.